The van der Waals surface area contributed by atoms with Crippen molar-refractivity contribution in [1.29, 1.82) is 0 Å². The summed E-state index contributed by atoms with van der Waals surface area (Å²) in [5, 5.41) is 28.8. The molecule has 0 aliphatic carbocycles. The van der Waals surface area contributed by atoms with E-state index in [1.807, 2.05) is 29.3 Å². The minimum Gasteiger partial charge on any atom is -0.481 e. The largest absolute Gasteiger partial charge is 0.481 e. The molecule has 1 amide bonds. The summed E-state index contributed by atoms with van der Waals surface area (Å²) in [6.07, 6.45) is 1.65. The Morgan fingerprint density at radius 2 is 2.14 bits per heavy atom. The lowest BCUT2D eigenvalue weighted by Gasteiger charge is -2.27. The third-order valence-corrected chi connectivity index (χ3v) is 4.59. The maximum Gasteiger partial charge on any atom is 0.307 e. The van der Waals surface area contributed by atoms with E-state index in [0.29, 0.717) is 12.2 Å². The predicted octanol–water partition coefficient (Wildman–Crippen LogP) is 2.95. The van der Waals surface area contributed by atoms with Gasteiger partial charge in [0.15, 0.2) is 0 Å². The monoisotopic (exact) mass is 385 g/mol. The number of aromatic nitrogens is 1. The molecule has 1 unspecified atom stereocenters. The van der Waals surface area contributed by atoms with Gasteiger partial charge < -0.3 is 10.1 Å². The topological polar surface area (TPSA) is 130 Å². The van der Waals surface area contributed by atoms with Crippen molar-refractivity contribution in [3.63, 3.8) is 0 Å². The summed E-state index contributed by atoms with van der Waals surface area (Å²) >= 11 is 0. The van der Waals surface area contributed by atoms with Gasteiger partial charge in [-0.2, -0.15) is 0 Å². The van der Waals surface area contributed by atoms with Gasteiger partial charge in [-0.25, -0.2) is 5.48 Å². The third kappa shape index (κ3) is 4.37. The van der Waals surface area contributed by atoms with Gasteiger partial charge in [-0.1, -0.05) is 31.2 Å². The van der Waals surface area contributed by atoms with Gasteiger partial charge in [-0.3, -0.25) is 19.8 Å². The highest BCUT2D eigenvalue weighted by Gasteiger charge is 2.28. The molecule has 0 radical (unpaired) electrons. The maximum atomic E-state index is 11.2. The highest BCUT2D eigenvalue weighted by molar-refractivity contribution is 5.82. The summed E-state index contributed by atoms with van der Waals surface area (Å²) in [5.41, 5.74) is 4.83. The van der Waals surface area contributed by atoms with Crippen LogP contribution in [-0.2, 0) is 16.0 Å². The lowest BCUT2D eigenvalue weighted by molar-refractivity contribution is -0.136. The number of H-pyrrole nitrogens is 1. The van der Waals surface area contributed by atoms with Gasteiger partial charge in [0.2, 0.25) is 5.91 Å². The van der Waals surface area contributed by atoms with Crippen LogP contribution in [0.25, 0.3) is 10.9 Å². The van der Waals surface area contributed by atoms with Crippen molar-refractivity contribution in [3.05, 3.63) is 47.3 Å². The molecule has 1 atom stereocenters. The normalized spacial score (nSPS) is 16.3. The van der Waals surface area contributed by atoms with Crippen molar-refractivity contribution in [2.75, 3.05) is 6.54 Å². The Morgan fingerprint density at radius 1 is 1.36 bits per heavy atom. The summed E-state index contributed by atoms with van der Waals surface area (Å²) in [7, 11) is 0. The molecule has 1 aliphatic heterocycles. The van der Waals surface area contributed by atoms with Crippen molar-refractivity contribution in [3.8, 4) is 0 Å². The lowest BCUT2D eigenvalue weighted by Crippen LogP contribution is -2.26. The first-order chi connectivity index (χ1) is 13.4. The average molecular weight is 385 g/mol. The van der Waals surface area contributed by atoms with Crippen LogP contribution < -0.4 is 5.48 Å². The summed E-state index contributed by atoms with van der Waals surface area (Å²) in [4.78, 5) is 25.5. The maximum absolute atomic E-state index is 11.2. The first kappa shape index (κ1) is 19.6. The van der Waals surface area contributed by atoms with Gasteiger partial charge in [0.25, 0.3) is 0 Å². The van der Waals surface area contributed by atoms with Crippen molar-refractivity contribution in [2.45, 2.75) is 32.7 Å². The molecule has 0 saturated carbocycles. The number of hydroxylamine groups is 1. The average Bonchev–Trinajstić information content (AvgIpc) is 3.25. The van der Waals surface area contributed by atoms with Crippen LogP contribution in [0.15, 0.2) is 46.4 Å². The number of carboxylic acids is 1. The SMILES string of the molecule is CC(C)C(c1cc2ccc(CC(=O)O)cc2[nH]1)N1C/C(=C/CC(=O)NO)N=N1. The summed E-state index contributed by atoms with van der Waals surface area (Å²) in [6.45, 7) is 4.63. The zero-order valence-electron chi connectivity index (χ0n) is 15.7. The fourth-order valence-electron chi connectivity index (χ4n) is 3.36. The van der Waals surface area contributed by atoms with Gasteiger partial charge in [0, 0.05) is 17.6 Å². The highest BCUT2D eigenvalue weighted by Crippen LogP contribution is 2.34. The van der Waals surface area contributed by atoms with E-state index in [1.165, 1.54) is 0 Å². The zero-order valence-corrected chi connectivity index (χ0v) is 15.7. The molecule has 0 spiro atoms. The molecule has 2 heterocycles. The second-order valence-corrected chi connectivity index (χ2v) is 7.13. The number of nitrogens with one attached hydrogen (secondary N) is 2. The highest BCUT2D eigenvalue weighted by atomic mass is 16.5. The fourth-order valence-corrected chi connectivity index (χ4v) is 3.36. The number of fused-ring (bicyclic) bond motifs is 1. The Labute approximate surface area is 161 Å². The Bertz CT molecular complexity index is 947. The van der Waals surface area contributed by atoms with Gasteiger partial charge >= 0.3 is 5.97 Å². The molecular formula is C19H23N5O4. The van der Waals surface area contributed by atoms with Crippen LogP contribution in [0.5, 0.6) is 0 Å². The Hall–Kier alpha value is -3.20. The van der Waals surface area contributed by atoms with Crippen molar-refractivity contribution in [2.24, 2.45) is 16.3 Å². The standard InChI is InChI=1S/C19H23N5O4/c1-11(2)19(24-10-14(21-23-24)5-6-17(25)22-28)16-9-13-4-3-12(8-18(26)27)7-15(13)20-16/h3-5,7,9,11,19-20,28H,6,8,10H2,1-2H3,(H,22,25)(H,26,27)/b14-5-. The Balaban J connectivity index is 1.82. The van der Waals surface area contributed by atoms with Crippen LogP contribution in [0.3, 0.4) is 0 Å². The number of hydrogen-bond donors (Lipinski definition) is 4. The molecule has 148 valence electrons. The number of carbonyl (C=O) groups is 2. The van der Waals surface area contributed by atoms with E-state index in [9.17, 15) is 9.59 Å². The van der Waals surface area contributed by atoms with Gasteiger partial charge in [-0.05, 0) is 35.1 Å². The molecule has 28 heavy (non-hydrogen) atoms. The molecule has 9 nitrogen and oxygen atoms in total. The minimum absolute atomic E-state index is 0.0200. The van der Waals surface area contributed by atoms with E-state index in [-0.39, 0.29) is 24.8 Å². The van der Waals surface area contributed by atoms with Crippen LogP contribution in [-0.4, -0.2) is 38.7 Å². The second-order valence-electron chi connectivity index (χ2n) is 7.13. The van der Waals surface area contributed by atoms with Crippen LogP contribution in [0.1, 0.15) is 37.6 Å². The Kier molecular flexibility index (Phi) is 5.74. The molecule has 0 saturated heterocycles. The summed E-state index contributed by atoms with van der Waals surface area (Å²) in [6, 6.07) is 7.57. The quantitative estimate of drug-likeness (QED) is 0.430. The zero-order chi connectivity index (χ0) is 20.3. The van der Waals surface area contributed by atoms with Crippen LogP contribution in [0.2, 0.25) is 0 Å². The lowest BCUT2D eigenvalue weighted by atomic mass is 10.00. The molecule has 4 N–H and O–H groups in total. The van der Waals surface area contributed by atoms with E-state index >= 15 is 0 Å². The van der Waals surface area contributed by atoms with Crippen LogP contribution in [0, 0.1) is 5.92 Å². The fraction of sp³-hybridized carbons (Fsp3) is 0.368. The van der Waals surface area contributed by atoms with Crippen molar-refractivity contribution in [1.82, 2.24) is 15.5 Å². The molecule has 0 fully saturated rings. The predicted molar refractivity (Wildman–Crippen MR) is 101 cm³/mol. The number of rotatable bonds is 7. The van der Waals surface area contributed by atoms with E-state index in [4.69, 9.17) is 10.3 Å². The van der Waals surface area contributed by atoms with Crippen LogP contribution >= 0.6 is 0 Å². The number of hydrogen-bond acceptors (Lipinski definition) is 6. The van der Waals surface area contributed by atoms with E-state index < -0.39 is 11.9 Å². The Morgan fingerprint density at radius 3 is 2.82 bits per heavy atom. The number of benzene rings is 1. The molecular weight excluding hydrogens is 362 g/mol. The van der Waals surface area contributed by atoms with Crippen molar-refractivity contribution < 1.29 is 19.9 Å². The molecule has 1 aromatic heterocycles. The first-order valence-electron chi connectivity index (χ1n) is 9.01. The molecule has 1 aromatic carbocycles. The first-order valence-corrected chi connectivity index (χ1v) is 9.01. The molecule has 1 aliphatic rings. The smallest absolute Gasteiger partial charge is 0.307 e. The number of carboxylic acid groups (broad SMARTS) is 1. The second kappa shape index (κ2) is 8.22. The number of aliphatic carboxylic acids is 1. The number of carbonyl (C=O) groups excluding carboxylic acids is 1. The number of nitrogens with zero attached hydrogens (tertiary/aromatic N) is 3. The van der Waals surface area contributed by atoms with Crippen molar-refractivity contribution >= 4 is 22.8 Å². The van der Waals surface area contributed by atoms with Gasteiger partial charge in [0.05, 0.1) is 24.7 Å². The van der Waals surface area contributed by atoms with Gasteiger partial charge in [0.1, 0.15) is 0 Å². The molecule has 0 bridgehead atoms. The third-order valence-electron chi connectivity index (χ3n) is 4.59. The molecule has 3 rings (SSSR count). The summed E-state index contributed by atoms with van der Waals surface area (Å²) in [5.74, 6) is -1.14. The van der Waals surface area contributed by atoms with E-state index in [0.717, 1.165) is 22.2 Å². The van der Waals surface area contributed by atoms with E-state index in [1.54, 1.807) is 11.6 Å². The molecule has 2 aromatic rings. The molecule has 9 heteroatoms. The number of amides is 1. The van der Waals surface area contributed by atoms with Gasteiger partial charge in [-0.15, -0.1) is 5.11 Å². The summed E-state index contributed by atoms with van der Waals surface area (Å²) < 4.78 is 0. The van der Waals surface area contributed by atoms with E-state index in [2.05, 4.69) is 29.2 Å². The van der Waals surface area contributed by atoms with Crippen LogP contribution in [0.4, 0.5) is 0 Å². The minimum atomic E-state index is -0.863. The number of aromatic amines is 1.